The second-order valence-corrected chi connectivity index (χ2v) is 11.5. The number of fused-ring (bicyclic) bond motifs is 1. The van der Waals surface area contributed by atoms with Crippen LogP contribution in [-0.2, 0) is 14.8 Å². The molecular weight excluding hydrogens is 502 g/mol. The summed E-state index contributed by atoms with van der Waals surface area (Å²) < 4.78 is 60.5. The normalized spacial score (nSPS) is 19.4. The number of hydrogen-bond donors (Lipinski definition) is 1. The van der Waals surface area contributed by atoms with Crippen LogP contribution in [-0.4, -0.2) is 80.9 Å². The molecule has 1 N–H and O–H groups in total. The number of sulfonamides is 1. The molecule has 198 valence electrons. The second-order valence-electron chi connectivity index (χ2n) is 9.54. The molecule has 1 atom stereocenters. The van der Waals surface area contributed by atoms with Crippen molar-refractivity contribution in [3.63, 3.8) is 0 Å². The van der Waals surface area contributed by atoms with E-state index in [1.165, 1.54) is 16.6 Å². The molecule has 2 aliphatic heterocycles. The van der Waals surface area contributed by atoms with E-state index in [0.717, 1.165) is 24.8 Å². The number of hydrogen-bond acceptors (Lipinski definition) is 8. The minimum Gasteiger partial charge on any atom is -0.378 e. The van der Waals surface area contributed by atoms with E-state index in [1.54, 1.807) is 12.4 Å². The molecule has 4 heterocycles. The zero-order valence-electron chi connectivity index (χ0n) is 21.0. The van der Waals surface area contributed by atoms with E-state index in [-0.39, 0.29) is 16.9 Å². The third kappa shape index (κ3) is 5.18. The Labute approximate surface area is 215 Å². The SMILES string of the molecule is Cc1c(N2CCN(S(C)(=O)=O)[C@H](C)C2)nc2cc(F)cc(F)c2c1Nc1cncc(N2CCOCC2)c1. The molecule has 37 heavy (non-hydrogen) atoms. The molecular formula is C25H30F2N6O3S. The predicted octanol–water partition coefficient (Wildman–Crippen LogP) is 3.27. The number of morpholine rings is 1. The van der Waals surface area contributed by atoms with E-state index in [4.69, 9.17) is 4.74 Å². The van der Waals surface area contributed by atoms with Crippen LogP contribution < -0.4 is 15.1 Å². The van der Waals surface area contributed by atoms with Crippen LogP contribution >= 0.6 is 0 Å². The maximum atomic E-state index is 15.1. The van der Waals surface area contributed by atoms with Crippen molar-refractivity contribution in [2.45, 2.75) is 19.9 Å². The molecule has 5 rings (SSSR count). The molecule has 0 spiro atoms. The third-order valence-electron chi connectivity index (χ3n) is 6.88. The molecule has 3 aromatic rings. The number of nitrogens with zero attached hydrogens (tertiary/aromatic N) is 5. The first-order valence-corrected chi connectivity index (χ1v) is 14.0. The van der Waals surface area contributed by atoms with Gasteiger partial charge >= 0.3 is 0 Å². The van der Waals surface area contributed by atoms with E-state index >= 15 is 4.39 Å². The van der Waals surface area contributed by atoms with Gasteiger partial charge in [0.1, 0.15) is 17.5 Å². The van der Waals surface area contributed by atoms with Gasteiger partial charge in [0.15, 0.2) is 0 Å². The molecule has 12 heteroatoms. The summed E-state index contributed by atoms with van der Waals surface area (Å²) in [6.45, 7) is 7.54. The summed E-state index contributed by atoms with van der Waals surface area (Å²) in [5.74, 6) is -0.881. The van der Waals surface area contributed by atoms with Gasteiger partial charge in [0.25, 0.3) is 0 Å². The molecule has 0 bridgehead atoms. The number of benzene rings is 1. The third-order valence-corrected chi connectivity index (χ3v) is 8.28. The van der Waals surface area contributed by atoms with Crippen LogP contribution in [0, 0.1) is 18.6 Å². The summed E-state index contributed by atoms with van der Waals surface area (Å²) in [7, 11) is -3.34. The van der Waals surface area contributed by atoms with Crippen molar-refractivity contribution in [1.82, 2.24) is 14.3 Å². The van der Waals surface area contributed by atoms with Crippen LogP contribution in [0.25, 0.3) is 10.9 Å². The van der Waals surface area contributed by atoms with Gasteiger partial charge in [0.2, 0.25) is 10.0 Å². The number of ether oxygens (including phenoxy) is 1. The highest BCUT2D eigenvalue weighted by molar-refractivity contribution is 7.88. The average Bonchev–Trinajstić information content (AvgIpc) is 2.85. The molecule has 2 aromatic heterocycles. The highest BCUT2D eigenvalue weighted by Gasteiger charge is 2.32. The van der Waals surface area contributed by atoms with Crippen molar-refractivity contribution in [3.8, 4) is 0 Å². The highest BCUT2D eigenvalue weighted by Crippen LogP contribution is 2.37. The largest absolute Gasteiger partial charge is 0.378 e. The fourth-order valence-electron chi connectivity index (χ4n) is 5.12. The van der Waals surface area contributed by atoms with Crippen molar-refractivity contribution < 1.29 is 21.9 Å². The highest BCUT2D eigenvalue weighted by atomic mass is 32.2. The van der Waals surface area contributed by atoms with Crippen molar-refractivity contribution in [3.05, 3.63) is 47.8 Å². The maximum Gasteiger partial charge on any atom is 0.211 e. The molecule has 2 fully saturated rings. The zero-order chi connectivity index (χ0) is 26.3. The van der Waals surface area contributed by atoms with E-state index in [0.29, 0.717) is 55.6 Å². The molecule has 1 aromatic carbocycles. The maximum absolute atomic E-state index is 15.1. The lowest BCUT2D eigenvalue weighted by atomic mass is 10.1. The number of piperazine rings is 1. The van der Waals surface area contributed by atoms with Crippen LogP contribution in [0.15, 0.2) is 30.6 Å². The van der Waals surface area contributed by atoms with Crippen LogP contribution in [0.1, 0.15) is 12.5 Å². The summed E-state index contributed by atoms with van der Waals surface area (Å²) in [5, 5.41) is 3.51. The van der Waals surface area contributed by atoms with E-state index in [1.807, 2.05) is 24.8 Å². The molecule has 0 aliphatic carbocycles. The molecule has 2 aliphatic rings. The Morgan fingerprint density at radius 2 is 1.81 bits per heavy atom. The predicted molar refractivity (Wildman–Crippen MR) is 140 cm³/mol. The minimum atomic E-state index is -3.34. The quantitative estimate of drug-likeness (QED) is 0.536. The van der Waals surface area contributed by atoms with Gasteiger partial charge < -0.3 is 19.9 Å². The molecule has 9 nitrogen and oxygen atoms in total. The molecule has 2 saturated heterocycles. The molecule has 0 amide bonds. The zero-order valence-corrected chi connectivity index (χ0v) is 21.9. The topological polar surface area (TPSA) is 90.9 Å². The fraction of sp³-hybridized carbons (Fsp3) is 0.440. The lowest BCUT2D eigenvalue weighted by Crippen LogP contribution is -2.54. The van der Waals surface area contributed by atoms with Gasteiger partial charge in [0.05, 0.1) is 59.8 Å². The Bertz CT molecular complexity index is 1430. The number of anilines is 4. The van der Waals surface area contributed by atoms with Gasteiger partial charge in [-0.1, -0.05) is 0 Å². The van der Waals surface area contributed by atoms with Gasteiger partial charge in [-0.2, -0.15) is 4.31 Å². The Balaban J connectivity index is 1.55. The number of pyridine rings is 2. The summed E-state index contributed by atoms with van der Waals surface area (Å²) in [6, 6.07) is 3.73. The number of halogens is 2. The van der Waals surface area contributed by atoms with Crippen molar-refractivity contribution in [2.24, 2.45) is 0 Å². The smallest absolute Gasteiger partial charge is 0.211 e. The average molecular weight is 533 g/mol. The lowest BCUT2D eigenvalue weighted by molar-refractivity contribution is 0.122. The van der Waals surface area contributed by atoms with Crippen molar-refractivity contribution in [1.29, 1.82) is 0 Å². The Hall–Kier alpha value is -3.09. The van der Waals surface area contributed by atoms with E-state index in [2.05, 4.69) is 20.2 Å². The number of rotatable bonds is 5. The molecule has 0 radical (unpaired) electrons. The molecule has 0 unspecified atom stereocenters. The standard InChI is InChI=1S/C25H30F2N6O3S/c1-16-15-32(4-5-33(16)37(3,34)35)25-17(2)24(23-21(27)10-18(26)11-22(23)30-25)29-19-12-20(14-28-13-19)31-6-8-36-9-7-31/h10-14,16H,4-9,15H2,1-3H3,(H,29,30)/t16-/m1/s1. The van der Waals surface area contributed by atoms with Crippen LogP contribution in [0.2, 0.25) is 0 Å². The van der Waals surface area contributed by atoms with Gasteiger partial charge in [-0.25, -0.2) is 22.2 Å². The lowest BCUT2D eigenvalue weighted by Gasteiger charge is -2.39. The van der Waals surface area contributed by atoms with E-state index < -0.39 is 21.7 Å². The summed E-state index contributed by atoms with van der Waals surface area (Å²) >= 11 is 0. The first-order chi connectivity index (χ1) is 17.6. The van der Waals surface area contributed by atoms with Crippen LogP contribution in [0.3, 0.4) is 0 Å². The van der Waals surface area contributed by atoms with Gasteiger partial charge in [-0.05, 0) is 19.9 Å². The van der Waals surface area contributed by atoms with Crippen molar-refractivity contribution >= 4 is 43.8 Å². The van der Waals surface area contributed by atoms with Gasteiger partial charge in [-0.15, -0.1) is 0 Å². The summed E-state index contributed by atoms with van der Waals surface area (Å²) in [4.78, 5) is 13.1. The Kier molecular flexibility index (Phi) is 6.90. The second kappa shape index (κ2) is 9.99. The number of nitrogens with one attached hydrogen (secondary N) is 1. The number of aromatic nitrogens is 2. The summed E-state index contributed by atoms with van der Waals surface area (Å²) in [5.41, 5.74) is 2.90. The summed E-state index contributed by atoms with van der Waals surface area (Å²) in [6.07, 6.45) is 4.63. The Morgan fingerprint density at radius 1 is 1.05 bits per heavy atom. The van der Waals surface area contributed by atoms with Gasteiger partial charge in [-0.3, -0.25) is 4.98 Å². The fourth-order valence-corrected chi connectivity index (χ4v) is 6.25. The van der Waals surface area contributed by atoms with Crippen LogP contribution in [0.5, 0.6) is 0 Å². The molecule has 0 saturated carbocycles. The minimum absolute atomic E-state index is 0.177. The van der Waals surface area contributed by atoms with Crippen molar-refractivity contribution in [2.75, 3.05) is 67.3 Å². The first kappa shape index (κ1) is 25.6. The van der Waals surface area contributed by atoms with Gasteiger partial charge in [0, 0.05) is 56.5 Å². The first-order valence-electron chi connectivity index (χ1n) is 12.2. The Morgan fingerprint density at radius 3 is 2.51 bits per heavy atom. The van der Waals surface area contributed by atoms with E-state index in [9.17, 15) is 12.8 Å². The van der Waals surface area contributed by atoms with Crippen LogP contribution in [0.4, 0.5) is 31.7 Å². The monoisotopic (exact) mass is 532 g/mol.